The number of hydrogen-bond donors (Lipinski definition) is 3. The molecular formula is C38H38Cl2N4O3. The SMILES string of the molecule is C=CC(=O)Nc1cccc(C)c1NC1=C(CC)CC=c2cc(-c3c(Cl)c(OC)cc(OC)c3Cl)nc(NCCc3ccccc3)c2=C1. The van der Waals surface area contributed by atoms with Crippen molar-refractivity contribution in [3.05, 3.63) is 116 Å². The molecule has 0 aliphatic heterocycles. The number of nitrogens with one attached hydrogen (secondary N) is 3. The van der Waals surface area contributed by atoms with Crippen LogP contribution in [-0.2, 0) is 11.2 Å². The molecule has 242 valence electrons. The number of carbonyl (C=O) groups is 1. The molecule has 1 heterocycles. The number of carbonyl (C=O) groups excluding carboxylic acids is 1. The van der Waals surface area contributed by atoms with Crippen LogP contribution >= 0.6 is 23.2 Å². The maximum atomic E-state index is 12.3. The lowest BCUT2D eigenvalue weighted by Crippen LogP contribution is -2.31. The average molecular weight is 670 g/mol. The van der Waals surface area contributed by atoms with E-state index in [4.69, 9.17) is 37.7 Å². The van der Waals surface area contributed by atoms with Crippen LogP contribution in [0.15, 0.2) is 84.6 Å². The molecule has 1 aromatic heterocycles. The lowest BCUT2D eigenvalue weighted by atomic mass is 10.1. The Balaban J connectivity index is 1.68. The van der Waals surface area contributed by atoms with Gasteiger partial charge in [0.05, 0.1) is 41.3 Å². The first-order valence-corrected chi connectivity index (χ1v) is 16.2. The van der Waals surface area contributed by atoms with Gasteiger partial charge in [-0.05, 0) is 72.4 Å². The van der Waals surface area contributed by atoms with E-state index in [1.165, 1.54) is 17.2 Å². The summed E-state index contributed by atoms with van der Waals surface area (Å²) in [5.41, 5.74) is 6.94. The number of fused-ring (bicyclic) bond motifs is 1. The number of halogens is 2. The van der Waals surface area contributed by atoms with Crippen molar-refractivity contribution in [1.29, 1.82) is 0 Å². The summed E-state index contributed by atoms with van der Waals surface area (Å²) < 4.78 is 11.1. The third-order valence-electron chi connectivity index (χ3n) is 8.11. The molecule has 3 aromatic carbocycles. The quantitative estimate of drug-likeness (QED) is 0.133. The van der Waals surface area contributed by atoms with Crippen LogP contribution in [0.5, 0.6) is 11.5 Å². The Bertz CT molecular complexity index is 1950. The maximum Gasteiger partial charge on any atom is 0.247 e. The van der Waals surface area contributed by atoms with Crippen molar-refractivity contribution in [3.63, 3.8) is 0 Å². The summed E-state index contributed by atoms with van der Waals surface area (Å²) in [7, 11) is 3.11. The predicted molar refractivity (Wildman–Crippen MR) is 195 cm³/mol. The highest BCUT2D eigenvalue weighted by molar-refractivity contribution is 6.41. The number of benzene rings is 3. The molecule has 1 aliphatic carbocycles. The van der Waals surface area contributed by atoms with Crippen molar-refractivity contribution in [1.82, 2.24) is 4.98 Å². The molecule has 47 heavy (non-hydrogen) atoms. The van der Waals surface area contributed by atoms with Crippen molar-refractivity contribution >= 4 is 58.5 Å². The number of nitrogens with zero attached hydrogens (tertiary/aromatic N) is 1. The number of ether oxygens (including phenoxy) is 2. The van der Waals surface area contributed by atoms with Crippen molar-refractivity contribution in [2.45, 2.75) is 33.1 Å². The number of methoxy groups -OCH3 is 2. The van der Waals surface area contributed by atoms with Gasteiger partial charge in [0.2, 0.25) is 5.91 Å². The minimum Gasteiger partial charge on any atom is -0.495 e. The lowest BCUT2D eigenvalue weighted by Gasteiger charge is -2.18. The van der Waals surface area contributed by atoms with Gasteiger partial charge in [0.1, 0.15) is 17.3 Å². The molecule has 0 radical (unpaired) electrons. The molecule has 0 atom stereocenters. The van der Waals surface area contributed by atoms with Gasteiger partial charge in [-0.1, -0.05) is 85.2 Å². The fraction of sp³-hybridized carbons (Fsp3) is 0.211. The molecule has 1 aliphatic rings. The summed E-state index contributed by atoms with van der Waals surface area (Å²) in [5.74, 6) is 1.28. The van der Waals surface area contributed by atoms with Gasteiger partial charge in [-0.15, -0.1) is 0 Å². The van der Waals surface area contributed by atoms with Gasteiger partial charge in [-0.2, -0.15) is 0 Å². The normalized spacial score (nSPS) is 12.2. The second kappa shape index (κ2) is 15.2. The van der Waals surface area contributed by atoms with Crippen molar-refractivity contribution < 1.29 is 14.3 Å². The highest BCUT2D eigenvalue weighted by Crippen LogP contribution is 2.45. The Morgan fingerprint density at radius 1 is 1.02 bits per heavy atom. The Kier molecular flexibility index (Phi) is 10.9. The standard InChI is InChI=1S/C38H38Cl2N4O3/c1-6-25-16-17-26-20-30(34-35(39)31(46-4)22-32(47-5)36(34)40)44-38(41-19-18-24-13-9-8-10-14-24)27(26)21-29(25)43-37-23(3)12-11-15-28(37)42-33(45)7-2/h7-15,17,20-22,43H,2,6,16,18-19H2,1,3-5H3,(H,41,44)(H,42,45). The molecule has 5 rings (SSSR count). The van der Waals surface area contributed by atoms with E-state index in [0.717, 1.165) is 40.2 Å². The van der Waals surface area contributed by atoms with Gasteiger partial charge in [0, 0.05) is 29.1 Å². The number of allylic oxidation sites excluding steroid dienone is 2. The van der Waals surface area contributed by atoms with Crippen molar-refractivity contribution in [3.8, 4) is 22.8 Å². The van der Waals surface area contributed by atoms with E-state index >= 15 is 0 Å². The first-order valence-electron chi connectivity index (χ1n) is 15.4. The number of rotatable bonds is 12. The van der Waals surface area contributed by atoms with Crippen LogP contribution in [0.1, 0.15) is 30.9 Å². The Morgan fingerprint density at radius 3 is 2.40 bits per heavy atom. The van der Waals surface area contributed by atoms with E-state index in [1.807, 2.05) is 49.4 Å². The zero-order valence-corrected chi connectivity index (χ0v) is 28.5. The number of anilines is 3. The van der Waals surface area contributed by atoms with Crippen LogP contribution < -0.4 is 35.9 Å². The smallest absolute Gasteiger partial charge is 0.247 e. The van der Waals surface area contributed by atoms with Crippen LogP contribution in [0, 0.1) is 6.92 Å². The fourth-order valence-electron chi connectivity index (χ4n) is 5.54. The Labute approximate surface area is 285 Å². The minimum atomic E-state index is -0.278. The monoisotopic (exact) mass is 668 g/mol. The maximum absolute atomic E-state index is 12.3. The van der Waals surface area contributed by atoms with Gasteiger partial charge in [-0.25, -0.2) is 4.98 Å². The highest BCUT2D eigenvalue weighted by atomic mass is 35.5. The highest BCUT2D eigenvalue weighted by Gasteiger charge is 2.21. The topological polar surface area (TPSA) is 84.5 Å². The third kappa shape index (κ3) is 7.48. The van der Waals surface area contributed by atoms with Crippen LogP contribution in [-0.4, -0.2) is 31.7 Å². The largest absolute Gasteiger partial charge is 0.495 e. The molecule has 3 N–H and O–H groups in total. The first kappa shape index (κ1) is 33.6. The zero-order chi connectivity index (χ0) is 33.5. The van der Waals surface area contributed by atoms with Gasteiger partial charge >= 0.3 is 0 Å². The molecular weight excluding hydrogens is 631 g/mol. The molecule has 1 amide bonds. The summed E-state index contributed by atoms with van der Waals surface area (Å²) in [6.07, 6.45) is 7.89. The van der Waals surface area contributed by atoms with E-state index in [2.05, 4.69) is 53.7 Å². The molecule has 0 bridgehead atoms. The summed E-state index contributed by atoms with van der Waals surface area (Å²) in [5, 5.41) is 12.8. The lowest BCUT2D eigenvalue weighted by molar-refractivity contribution is -0.111. The number of amides is 1. The number of aromatic nitrogens is 1. The molecule has 0 fully saturated rings. The predicted octanol–water partition coefficient (Wildman–Crippen LogP) is 7.90. The second-order valence-corrected chi connectivity index (χ2v) is 11.8. The van der Waals surface area contributed by atoms with Gasteiger partial charge in [0.15, 0.2) is 0 Å². The van der Waals surface area contributed by atoms with Crippen LogP contribution in [0.3, 0.4) is 0 Å². The molecule has 0 unspecified atom stereocenters. The zero-order valence-electron chi connectivity index (χ0n) is 27.0. The molecule has 4 aromatic rings. The van der Waals surface area contributed by atoms with Crippen LogP contribution in [0.2, 0.25) is 10.0 Å². The average Bonchev–Trinajstić information content (AvgIpc) is 3.26. The second-order valence-electron chi connectivity index (χ2n) is 11.0. The fourth-order valence-corrected chi connectivity index (χ4v) is 6.24. The molecule has 0 saturated carbocycles. The van der Waals surface area contributed by atoms with Crippen LogP contribution in [0.4, 0.5) is 17.2 Å². The number of pyridine rings is 1. The number of hydrogen-bond acceptors (Lipinski definition) is 6. The Morgan fingerprint density at radius 2 is 1.74 bits per heavy atom. The molecule has 7 nitrogen and oxygen atoms in total. The van der Waals surface area contributed by atoms with Crippen molar-refractivity contribution in [2.24, 2.45) is 0 Å². The van der Waals surface area contributed by atoms with E-state index in [-0.39, 0.29) is 5.91 Å². The van der Waals surface area contributed by atoms with E-state index in [0.29, 0.717) is 57.3 Å². The van der Waals surface area contributed by atoms with Gasteiger partial charge < -0.3 is 25.4 Å². The summed E-state index contributed by atoms with van der Waals surface area (Å²) in [4.78, 5) is 17.4. The molecule has 0 spiro atoms. The number of aryl methyl sites for hydroxylation is 1. The van der Waals surface area contributed by atoms with Crippen LogP contribution in [0.25, 0.3) is 23.4 Å². The summed E-state index contributed by atoms with van der Waals surface area (Å²) >= 11 is 13.7. The van der Waals surface area contributed by atoms with E-state index in [9.17, 15) is 4.79 Å². The summed E-state index contributed by atoms with van der Waals surface area (Å²) in [6.45, 7) is 8.39. The number of para-hydroxylation sites is 1. The Hall–Kier alpha value is -4.72. The summed E-state index contributed by atoms with van der Waals surface area (Å²) in [6, 6.07) is 19.8. The van der Waals surface area contributed by atoms with E-state index < -0.39 is 0 Å². The molecule has 0 saturated heterocycles. The third-order valence-corrected chi connectivity index (χ3v) is 8.86. The van der Waals surface area contributed by atoms with Gasteiger partial charge in [-0.3, -0.25) is 4.79 Å². The molecule has 9 heteroatoms. The first-order chi connectivity index (χ1) is 22.8. The van der Waals surface area contributed by atoms with E-state index in [1.54, 1.807) is 20.3 Å². The minimum absolute atomic E-state index is 0.278. The van der Waals surface area contributed by atoms with Crippen molar-refractivity contribution in [2.75, 3.05) is 36.7 Å². The van der Waals surface area contributed by atoms with Gasteiger partial charge in [0.25, 0.3) is 0 Å².